The van der Waals surface area contributed by atoms with Crippen molar-refractivity contribution in [3.8, 4) is 0 Å². The fourth-order valence-corrected chi connectivity index (χ4v) is 1.94. The molecule has 1 N–H and O–H groups in total. The Morgan fingerprint density at radius 1 is 1.35 bits per heavy atom. The third-order valence-corrected chi connectivity index (χ3v) is 2.89. The first-order valence-corrected chi connectivity index (χ1v) is 6.61. The Hall–Kier alpha value is -2.02. The van der Waals surface area contributed by atoms with Gasteiger partial charge in [0.1, 0.15) is 0 Å². The maximum Gasteiger partial charge on any atom is 0.291 e. The molecule has 0 aliphatic carbocycles. The van der Waals surface area contributed by atoms with E-state index < -0.39 is 0 Å². The highest BCUT2D eigenvalue weighted by Gasteiger charge is 2.14. The Kier molecular flexibility index (Phi) is 4.29. The number of carbonyl (C=O) groups excluding carboxylic acids is 1. The summed E-state index contributed by atoms with van der Waals surface area (Å²) >= 11 is 0. The SMILES string of the molecule is Cc1cc(C)n2nc(C(=O)NCCCN(C)C)nc2n1. The van der Waals surface area contributed by atoms with Gasteiger partial charge in [-0.05, 0) is 47.0 Å². The molecule has 0 saturated carbocycles. The van der Waals surface area contributed by atoms with Gasteiger partial charge < -0.3 is 10.2 Å². The highest BCUT2D eigenvalue weighted by Crippen LogP contribution is 2.05. The molecule has 0 aromatic carbocycles. The molecule has 0 aliphatic heterocycles. The van der Waals surface area contributed by atoms with Gasteiger partial charge in [-0.2, -0.15) is 4.98 Å². The molecule has 20 heavy (non-hydrogen) atoms. The number of nitrogens with one attached hydrogen (secondary N) is 1. The normalized spacial score (nSPS) is 11.2. The fraction of sp³-hybridized carbons (Fsp3) is 0.538. The second-order valence-corrected chi connectivity index (χ2v) is 5.10. The van der Waals surface area contributed by atoms with Gasteiger partial charge in [-0.1, -0.05) is 0 Å². The zero-order chi connectivity index (χ0) is 14.7. The second-order valence-electron chi connectivity index (χ2n) is 5.10. The lowest BCUT2D eigenvalue weighted by molar-refractivity contribution is 0.0942. The standard InChI is InChI=1S/C13H20N6O/c1-9-8-10(2)19-13(15-9)16-11(17-19)12(20)14-6-5-7-18(3)4/h8H,5-7H2,1-4H3,(H,14,20). The van der Waals surface area contributed by atoms with Crippen LogP contribution in [0.25, 0.3) is 5.78 Å². The van der Waals surface area contributed by atoms with Crippen molar-refractivity contribution in [1.82, 2.24) is 29.8 Å². The van der Waals surface area contributed by atoms with E-state index in [2.05, 4.69) is 25.3 Å². The van der Waals surface area contributed by atoms with E-state index in [0.717, 1.165) is 24.4 Å². The summed E-state index contributed by atoms with van der Waals surface area (Å²) < 4.78 is 1.59. The highest BCUT2D eigenvalue weighted by atomic mass is 16.2. The van der Waals surface area contributed by atoms with Gasteiger partial charge in [0.2, 0.25) is 5.82 Å². The smallest absolute Gasteiger partial charge is 0.291 e. The predicted octanol–water partition coefficient (Wildman–Crippen LogP) is 0.423. The molecule has 0 radical (unpaired) electrons. The Balaban J connectivity index is 2.05. The highest BCUT2D eigenvalue weighted by molar-refractivity contribution is 5.90. The Bertz CT molecular complexity index is 619. The molecular weight excluding hydrogens is 256 g/mol. The van der Waals surface area contributed by atoms with E-state index in [4.69, 9.17) is 0 Å². The number of nitrogens with zero attached hydrogens (tertiary/aromatic N) is 5. The maximum absolute atomic E-state index is 12.0. The van der Waals surface area contributed by atoms with Gasteiger partial charge >= 0.3 is 0 Å². The van der Waals surface area contributed by atoms with Crippen molar-refractivity contribution >= 4 is 11.7 Å². The van der Waals surface area contributed by atoms with Crippen LogP contribution in [0.2, 0.25) is 0 Å². The molecule has 7 heteroatoms. The topological polar surface area (TPSA) is 75.4 Å². The van der Waals surface area contributed by atoms with E-state index in [1.165, 1.54) is 0 Å². The molecule has 0 saturated heterocycles. The monoisotopic (exact) mass is 276 g/mol. The molecule has 0 spiro atoms. The summed E-state index contributed by atoms with van der Waals surface area (Å²) in [6.45, 7) is 5.34. The summed E-state index contributed by atoms with van der Waals surface area (Å²) in [7, 11) is 4.00. The molecular formula is C13H20N6O. The predicted molar refractivity (Wildman–Crippen MR) is 75.8 cm³/mol. The van der Waals surface area contributed by atoms with Crippen LogP contribution < -0.4 is 5.32 Å². The van der Waals surface area contributed by atoms with Gasteiger partial charge in [-0.25, -0.2) is 9.50 Å². The minimum Gasteiger partial charge on any atom is -0.349 e. The van der Waals surface area contributed by atoms with Crippen LogP contribution in [0.5, 0.6) is 0 Å². The first-order chi connectivity index (χ1) is 9.47. The lowest BCUT2D eigenvalue weighted by Gasteiger charge is -2.08. The Labute approximate surface area is 118 Å². The molecule has 108 valence electrons. The van der Waals surface area contributed by atoms with Crippen molar-refractivity contribution in [3.05, 3.63) is 23.3 Å². The van der Waals surface area contributed by atoms with E-state index in [1.807, 2.05) is 34.0 Å². The summed E-state index contributed by atoms with van der Waals surface area (Å²) in [5, 5.41) is 7.01. The molecule has 0 aliphatic rings. The number of hydrogen-bond acceptors (Lipinski definition) is 5. The van der Waals surface area contributed by atoms with Gasteiger partial charge in [-0.15, -0.1) is 5.10 Å². The molecule has 2 aromatic heterocycles. The van der Waals surface area contributed by atoms with E-state index in [0.29, 0.717) is 12.3 Å². The number of aryl methyl sites for hydroxylation is 2. The molecule has 2 aromatic rings. The zero-order valence-corrected chi connectivity index (χ0v) is 12.3. The average molecular weight is 276 g/mol. The van der Waals surface area contributed by atoms with Crippen LogP contribution >= 0.6 is 0 Å². The summed E-state index contributed by atoms with van der Waals surface area (Å²) in [6, 6.07) is 1.90. The third kappa shape index (κ3) is 3.30. The lowest BCUT2D eigenvalue weighted by Crippen LogP contribution is -2.28. The number of fused-ring (bicyclic) bond motifs is 1. The number of hydrogen-bond donors (Lipinski definition) is 1. The minimum atomic E-state index is -0.258. The van der Waals surface area contributed by atoms with Crippen LogP contribution in [0, 0.1) is 13.8 Å². The molecule has 7 nitrogen and oxygen atoms in total. The number of aromatic nitrogens is 4. The average Bonchev–Trinajstić information content (AvgIpc) is 2.78. The molecule has 1 amide bonds. The third-order valence-electron chi connectivity index (χ3n) is 2.89. The Morgan fingerprint density at radius 2 is 2.10 bits per heavy atom. The first-order valence-electron chi connectivity index (χ1n) is 6.61. The van der Waals surface area contributed by atoms with Crippen LogP contribution in [-0.4, -0.2) is 57.6 Å². The summed E-state index contributed by atoms with van der Waals surface area (Å²) in [4.78, 5) is 22.5. The number of rotatable bonds is 5. The van der Waals surface area contributed by atoms with Crippen LogP contribution in [-0.2, 0) is 0 Å². The zero-order valence-electron chi connectivity index (χ0n) is 12.3. The van der Waals surface area contributed by atoms with Gasteiger partial charge in [0.15, 0.2) is 0 Å². The van der Waals surface area contributed by atoms with Gasteiger partial charge in [0.25, 0.3) is 11.7 Å². The van der Waals surface area contributed by atoms with E-state index >= 15 is 0 Å². The van der Waals surface area contributed by atoms with Crippen molar-refractivity contribution in [3.63, 3.8) is 0 Å². The van der Waals surface area contributed by atoms with Crippen LogP contribution in [0.1, 0.15) is 28.4 Å². The van der Waals surface area contributed by atoms with Crippen molar-refractivity contribution < 1.29 is 4.79 Å². The second kappa shape index (κ2) is 5.96. The van der Waals surface area contributed by atoms with Gasteiger partial charge in [-0.3, -0.25) is 4.79 Å². The van der Waals surface area contributed by atoms with Gasteiger partial charge in [0, 0.05) is 17.9 Å². The fourth-order valence-electron chi connectivity index (χ4n) is 1.94. The largest absolute Gasteiger partial charge is 0.349 e. The van der Waals surface area contributed by atoms with Crippen LogP contribution in [0.4, 0.5) is 0 Å². The quantitative estimate of drug-likeness (QED) is 0.801. The van der Waals surface area contributed by atoms with Crippen molar-refractivity contribution in [2.24, 2.45) is 0 Å². The van der Waals surface area contributed by atoms with Gasteiger partial charge in [0.05, 0.1) is 0 Å². The van der Waals surface area contributed by atoms with Crippen LogP contribution in [0.15, 0.2) is 6.07 Å². The van der Waals surface area contributed by atoms with E-state index in [1.54, 1.807) is 4.52 Å². The van der Waals surface area contributed by atoms with Crippen molar-refractivity contribution in [2.75, 3.05) is 27.2 Å². The number of amides is 1. The molecule has 0 atom stereocenters. The molecule has 0 fully saturated rings. The molecule has 2 heterocycles. The molecule has 0 unspecified atom stereocenters. The molecule has 0 bridgehead atoms. The van der Waals surface area contributed by atoms with E-state index in [-0.39, 0.29) is 11.7 Å². The molecule has 2 rings (SSSR count). The lowest BCUT2D eigenvalue weighted by atomic mass is 10.4. The Morgan fingerprint density at radius 3 is 2.80 bits per heavy atom. The summed E-state index contributed by atoms with van der Waals surface area (Å²) in [5.41, 5.74) is 1.77. The summed E-state index contributed by atoms with van der Waals surface area (Å²) in [5.74, 6) is 0.364. The van der Waals surface area contributed by atoms with Crippen molar-refractivity contribution in [1.29, 1.82) is 0 Å². The maximum atomic E-state index is 12.0. The van der Waals surface area contributed by atoms with E-state index in [9.17, 15) is 4.79 Å². The van der Waals surface area contributed by atoms with Crippen molar-refractivity contribution in [2.45, 2.75) is 20.3 Å². The number of carbonyl (C=O) groups is 1. The minimum absolute atomic E-state index is 0.163. The van der Waals surface area contributed by atoms with Crippen LogP contribution in [0.3, 0.4) is 0 Å². The summed E-state index contributed by atoms with van der Waals surface area (Å²) in [6.07, 6.45) is 0.891. The first kappa shape index (κ1) is 14.4.